The molecule has 0 radical (unpaired) electrons. The molecular formula is C10H24O5P2. The van der Waals surface area contributed by atoms with E-state index in [2.05, 4.69) is 0 Å². The van der Waals surface area contributed by atoms with Gasteiger partial charge in [-0.1, -0.05) is 0 Å². The number of hydrogen-bond donors (Lipinski definition) is 0. The van der Waals surface area contributed by atoms with Gasteiger partial charge in [-0.25, -0.2) is 0 Å². The van der Waals surface area contributed by atoms with Gasteiger partial charge in [-0.05, 0) is 34.6 Å². The molecule has 104 valence electrons. The van der Waals surface area contributed by atoms with Gasteiger partial charge in [-0.2, -0.15) is 0 Å². The lowest BCUT2D eigenvalue weighted by molar-refractivity contribution is 0.206. The van der Waals surface area contributed by atoms with Crippen LogP contribution in [0.5, 0.6) is 0 Å². The maximum Gasteiger partial charge on any atom is 0.345 e. The van der Waals surface area contributed by atoms with Crippen LogP contribution in [0.1, 0.15) is 34.6 Å². The van der Waals surface area contributed by atoms with Crippen LogP contribution in [0.4, 0.5) is 0 Å². The van der Waals surface area contributed by atoms with Crippen LogP contribution >= 0.6 is 15.0 Å². The van der Waals surface area contributed by atoms with Crippen molar-refractivity contribution in [1.29, 1.82) is 0 Å². The van der Waals surface area contributed by atoms with Crippen molar-refractivity contribution in [3.8, 4) is 0 Å². The van der Waals surface area contributed by atoms with E-state index in [0.717, 1.165) is 0 Å². The Kier molecular flexibility index (Phi) is 6.62. The van der Waals surface area contributed by atoms with Gasteiger partial charge in [-0.3, -0.25) is 9.13 Å². The minimum absolute atomic E-state index is 0.243. The fourth-order valence-electron chi connectivity index (χ4n) is 1.32. The summed E-state index contributed by atoms with van der Waals surface area (Å²) in [4.78, 5) is -1.15. The molecule has 0 rings (SSSR count). The molecule has 0 bridgehead atoms. The average Bonchev–Trinajstić information content (AvgIpc) is 2.17. The molecular weight excluding hydrogens is 262 g/mol. The van der Waals surface area contributed by atoms with Gasteiger partial charge in [0.25, 0.3) is 0 Å². The van der Waals surface area contributed by atoms with E-state index < -0.39 is 19.9 Å². The van der Waals surface area contributed by atoms with Crippen molar-refractivity contribution < 1.29 is 22.7 Å². The van der Waals surface area contributed by atoms with Gasteiger partial charge in [0.15, 0.2) is 0 Å². The Morgan fingerprint density at radius 2 is 1.24 bits per heavy atom. The fraction of sp³-hybridized carbons (Fsp3) is 1.00. The molecule has 7 heteroatoms. The average molecular weight is 286 g/mol. The molecule has 0 heterocycles. The van der Waals surface area contributed by atoms with Gasteiger partial charge in [-0.15, -0.1) is 0 Å². The van der Waals surface area contributed by atoms with E-state index in [0.29, 0.717) is 6.61 Å². The summed E-state index contributed by atoms with van der Waals surface area (Å²) in [6.45, 7) is 10.7. The van der Waals surface area contributed by atoms with Crippen molar-refractivity contribution >= 4 is 15.0 Å². The predicted molar refractivity (Wildman–Crippen MR) is 70.1 cm³/mol. The topological polar surface area (TPSA) is 61.8 Å². The Hall–Kier alpha value is 0.340. The van der Waals surface area contributed by atoms with Gasteiger partial charge >= 0.3 is 7.60 Å². The largest absolute Gasteiger partial charge is 0.345 e. The van der Waals surface area contributed by atoms with Crippen molar-refractivity contribution in [2.75, 3.05) is 26.5 Å². The summed E-state index contributed by atoms with van der Waals surface area (Å²) in [5, 5.41) is 0. The molecule has 1 unspecified atom stereocenters. The molecule has 0 aliphatic rings. The van der Waals surface area contributed by atoms with Crippen molar-refractivity contribution in [3.63, 3.8) is 0 Å². The Morgan fingerprint density at radius 1 is 0.882 bits per heavy atom. The van der Waals surface area contributed by atoms with Crippen molar-refractivity contribution in [2.24, 2.45) is 0 Å². The quantitative estimate of drug-likeness (QED) is 0.632. The van der Waals surface area contributed by atoms with Crippen LogP contribution in [-0.2, 0) is 22.7 Å². The van der Waals surface area contributed by atoms with Crippen molar-refractivity contribution in [2.45, 2.75) is 39.5 Å². The van der Waals surface area contributed by atoms with Gasteiger partial charge in [0, 0.05) is 6.66 Å². The van der Waals surface area contributed by atoms with Crippen LogP contribution in [0.2, 0.25) is 0 Å². The highest BCUT2D eigenvalue weighted by Crippen LogP contribution is 2.75. The summed E-state index contributed by atoms with van der Waals surface area (Å²) in [6, 6.07) is 0. The van der Waals surface area contributed by atoms with Crippen LogP contribution in [0.15, 0.2) is 0 Å². The monoisotopic (exact) mass is 286 g/mol. The molecule has 5 nitrogen and oxygen atoms in total. The fourth-order valence-corrected chi connectivity index (χ4v) is 5.81. The third-order valence-corrected chi connectivity index (χ3v) is 9.74. The maximum absolute atomic E-state index is 12.7. The SMILES string of the molecule is CCOP(C)(=O)C(C)(C)P(=O)(OCC)OCC. The van der Waals surface area contributed by atoms with Gasteiger partial charge in [0.1, 0.15) is 4.90 Å². The lowest BCUT2D eigenvalue weighted by atomic mass is 10.5. The number of rotatable bonds is 8. The van der Waals surface area contributed by atoms with E-state index in [-0.39, 0.29) is 13.2 Å². The summed E-state index contributed by atoms with van der Waals surface area (Å²) < 4.78 is 40.9. The van der Waals surface area contributed by atoms with E-state index in [4.69, 9.17) is 13.6 Å². The molecule has 0 aliphatic carbocycles. The Balaban J connectivity index is 5.35. The van der Waals surface area contributed by atoms with Gasteiger partial charge < -0.3 is 13.6 Å². The van der Waals surface area contributed by atoms with E-state index >= 15 is 0 Å². The maximum atomic E-state index is 12.7. The second-order valence-corrected chi connectivity index (χ2v) is 10.1. The van der Waals surface area contributed by atoms with Gasteiger partial charge in [0.2, 0.25) is 7.37 Å². The standard InChI is InChI=1S/C10H24O5P2/c1-7-13-16(6,11)10(4,5)17(12,14-8-2)15-9-3/h7-9H2,1-6H3. The smallest absolute Gasteiger partial charge is 0.328 e. The molecule has 0 amide bonds. The Bertz CT molecular complexity index is 317. The lowest BCUT2D eigenvalue weighted by Gasteiger charge is -2.36. The first kappa shape index (κ1) is 17.3. The Labute approximate surface area is 104 Å². The first-order valence-electron chi connectivity index (χ1n) is 5.79. The Morgan fingerprint density at radius 3 is 1.53 bits per heavy atom. The van der Waals surface area contributed by atoms with Crippen LogP contribution < -0.4 is 0 Å². The highest BCUT2D eigenvalue weighted by Gasteiger charge is 2.54. The van der Waals surface area contributed by atoms with E-state index in [1.807, 2.05) is 0 Å². The second-order valence-electron chi connectivity index (χ2n) is 4.09. The molecule has 0 spiro atoms. The second kappa shape index (κ2) is 6.49. The number of hydrogen-bond acceptors (Lipinski definition) is 5. The first-order valence-corrected chi connectivity index (χ1v) is 9.41. The zero-order valence-corrected chi connectivity index (χ0v) is 13.3. The zero-order chi connectivity index (χ0) is 13.7. The molecule has 0 aromatic carbocycles. The van der Waals surface area contributed by atoms with Crippen LogP contribution in [0, 0.1) is 0 Å². The van der Waals surface area contributed by atoms with E-state index in [1.54, 1.807) is 34.6 Å². The lowest BCUT2D eigenvalue weighted by Crippen LogP contribution is -2.24. The van der Waals surface area contributed by atoms with Crippen LogP contribution in [-0.4, -0.2) is 31.4 Å². The van der Waals surface area contributed by atoms with E-state index in [1.165, 1.54) is 6.66 Å². The molecule has 0 N–H and O–H groups in total. The third kappa shape index (κ3) is 3.65. The van der Waals surface area contributed by atoms with Crippen LogP contribution in [0.3, 0.4) is 0 Å². The molecule has 0 saturated heterocycles. The summed E-state index contributed by atoms with van der Waals surface area (Å²) in [5.41, 5.74) is 0. The molecule has 0 fully saturated rings. The van der Waals surface area contributed by atoms with E-state index in [9.17, 15) is 9.13 Å². The van der Waals surface area contributed by atoms with Gasteiger partial charge in [0.05, 0.1) is 19.8 Å². The molecule has 17 heavy (non-hydrogen) atoms. The molecule has 0 aliphatic heterocycles. The third-order valence-electron chi connectivity index (χ3n) is 2.64. The van der Waals surface area contributed by atoms with Crippen molar-refractivity contribution in [1.82, 2.24) is 0 Å². The summed E-state index contributed by atoms with van der Waals surface area (Å²) in [6.07, 6.45) is 0. The summed E-state index contributed by atoms with van der Waals surface area (Å²) in [5.74, 6) is 0. The minimum Gasteiger partial charge on any atom is -0.328 e. The molecule has 0 aromatic heterocycles. The summed E-state index contributed by atoms with van der Waals surface area (Å²) >= 11 is 0. The molecule has 1 atom stereocenters. The highest BCUT2D eigenvalue weighted by molar-refractivity contribution is 7.76. The zero-order valence-electron chi connectivity index (χ0n) is 11.6. The minimum atomic E-state index is -3.46. The highest BCUT2D eigenvalue weighted by atomic mass is 31.2. The first-order chi connectivity index (χ1) is 7.68. The molecule has 0 aromatic rings. The predicted octanol–water partition coefficient (Wildman–Crippen LogP) is 3.93. The summed E-state index contributed by atoms with van der Waals surface area (Å²) in [7, 11) is -6.55. The molecule has 0 saturated carbocycles. The van der Waals surface area contributed by atoms with Crippen LogP contribution in [0.25, 0.3) is 0 Å². The normalized spacial score (nSPS) is 16.8. The van der Waals surface area contributed by atoms with Crippen molar-refractivity contribution in [3.05, 3.63) is 0 Å².